The van der Waals surface area contributed by atoms with Gasteiger partial charge in [-0.2, -0.15) is 5.10 Å². The Morgan fingerprint density at radius 3 is 2.64 bits per heavy atom. The van der Waals surface area contributed by atoms with E-state index in [1.54, 1.807) is 29.3 Å². The van der Waals surface area contributed by atoms with E-state index in [-0.39, 0.29) is 5.56 Å². The van der Waals surface area contributed by atoms with Gasteiger partial charge in [0, 0.05) is 23.3 Å². The van der Waals surface area contributed by atoms with Gasteiger partial charge in [-0.15, -0.1) is 0 Å². The molecule has 0 radical (unpaired) electrons. The van der Waals surface area contributed by atoms with Crippen LogP contribution in [0.2, 0.25) is 0 Å². The third-order valence-electron chi connectivity index (χ3n) is 4.14. The fraction of sp³-hybridized carbons (Fsp3) is 0.150. The zero-order valence-electron chi connectivity index (χ0n) is 15.4. The van der Waals surface area contributed by atoms with Crippen molar-refractivity contribution in [3.63, 3.8) is 0 Å². The summed E-state index contributed by atoms with van der Waals surface area (Å²) in [7, 11) is 0. The Balaban J connectivity index is 1.74. The summed E-state index contributed by atoms with van der Waals surface area (Å²) in [6.07, 6.45) is 6.30. The molecule has 0 aliphatic rings. The lowest BCUT2D eigenvalue weighted by Gasteiger charge is -2.10. The van der Waals surface area contributed by atoms with Crippen LogP contribution in [0.1, 0.15) is 24.2 Å². The molecule has 4 aromatic rings. The quantitative estimate of drug-likeness (QED) is 0.551. The first-order valence-corrected chi connectivity index (χ1v) is 8.78. The SMILES string of the molecule is CC(C)Nc1ccc2cnn(-c3cncc(-c4ccc(C(=O)O)cn4)n3)c2c1. The topological polar surface area (TPSA) is 106 Å². The normalized spacial score (nSPS) is 11.1. The molecule has 8 nitrogen and oxygen atoms in total. The van der Waals surface area contributed by atoms with Crippen molar-refractivity contribution in [3.8, 4) is 17.2 Å². The zero-order chi connectivity index (χ0) is 19.7. The maximum atomic E-state index is 11.0. The molecule has 140 valence electrons. The molecule has 0 unspecified atom stereocenters. The van der Waals surface area contributed by atoms with Crippen LogP contribution in [0.25, 0.3) is 28.1 Å². The van der Waals surface area contributed by atoms with E-state index in [4.69, 9.17) is 5.11 Å². The van der Waals surface area contributed by atoms with Crippen LogP contribution < -0.4 is 5.32 Å². The minimum absolute atomic E-state index is 0.121. The number of anilines is 1. The number of carbonyl (C=O) groups is 1. The largest absolute Gasteiger partial charge is 0.478 e. The zero-order valence-corrected chi connectivity index (χ0v) is 15.4. The molecule has 0 aliphatic carbocycles. The summed E-state index contributed by atoms with van der Waals surface area (Å²) < 4.78 is 1.73. The van der Waals surface area contributed by atoms with Crippen LogP contribution in [0.4, 0.5) is 5.69 Å². The Morgan fingerprint density at radius 2 is 1.93 bits per heavy atom. The summed E-state index contributed by atoms with van der Waals surface area (Å²) in [5.41, 5.74) is 3.11. The highest BCUT2D eigenvalue weighted by Gasteiger charge is 2.11. The molecule has 2 N–H and O–H groups in total. The average molecular weight is 374 g/mol. The monoisotopic (exact) mass is 374 g/mol. The second kappa shape index (κ2) is 7.07. The maximum absolute atomic E-state index is 11.0. The molecule has 0 spiro atoms. The molecule has 1 aromatic carbocycles. The minimum Gasteiger partial charge on any atom is -0.478 e. The fourth-order valence-corrected chi connectivity index (χ4v) is 2.88. The van der Waals surface area contributed by atoms with Gasteiger partial charge in [0.1, 0.15) is 5.69 Å². The Hall–Kier alpha value is -3.81. The molecule has 0 saturated carbocycles. The summed E-state index contributed by atoms with van der Waals surface area (Å²) in [5, 5.41) is 17.8. The minimum atomic E-state index is -1.02. The summed E-state index contributed by atoms with van der Waals surface area (Å²) in [5.74, 6) is -0.467. The number of hydrogen-bond donors (Lipinski definition) is 2. The molecule has 3 heterocycles. The lowest BCUT2D eigenvalue weighted by Crippen LogP contribution is -2.09. The molecule has 0 aliphatic heterocycles. The molecule has 0 bridgehead atoms. The number of rotatable bonds is 5. The van der Waals surface area contributed by atoms with Crippen LogP contribution >= 0.6 is 0 Å². The van der Waals surface area contributed by atoms with Crippen LogP contribution in [-0.2, 0) is 0 Å². The predicted molar refractivity (Wildman–Crippen MR) is 106 cm³/mol. The Labute approximate surface area is 160 Å². The average Bonchev–Trinajstić information content (AvgIpc) is 3.11. The number of hydrogen-bond acceptors (Lipinski definition) is 6. The van der Waals surface area contributed by atoms with E-state index in [9.17, 15) is 4.79 Å². The Morgan fingerprint density at radius 1 is 1.07 bits per heavy atom. The van der Waals surface area contributed by atoms with E-state index < -0.39 is 5.97 Å². The van der Waals surface area contributed by atoms with Gasteiger partial charge in [-0.25, -0.2) is 14.5 Å². The highest BCUT2D eigenvalue weighted by atomic mass is 16.4. The van der Waals surface area contributed by atoms with Crippen LogP contribution in [0, 0.1) is 0 Å². The van der Waals surface area contributed by atoms with Crippen molar-refractivity contribution in [1.82, 2.24) is 24.7 Å². The van der Waals surface area contributed by atoms with E-state index >= 15 is 0 Å². The van der Waals surface area contributed by atoms with Gasteiger partial charge in [-0.1, -0.05) is 0 Å². The summed E-state index contributed by atoms with van der Waals surface area (Å²) in [6.45, 7) is 4.16. The molecule has 3 aromatic heterocycles. The molecule has 0 atom stereocenters. The summed E-state index contributed by atoms with van der Waals surface area (Å²) >= 11 is 0. The van der Waals surface area contributed by atoms with Gasteiger partial charge in [0.25, 0.3) is 0 Å². The number of nitrogens with zero attached hydrogens (tertiary/aromatic N) is 5. The van der Waals surface area contributed by atoms with Gasteiger partial charge >= 0.3 is 5.97 Å². The standard InChI is InChI=1S/C20H18N6O2/c1-12(2)24-15-5-3-13-9-23-26(18(13)7-15)19-11-21-10-17(25-19)16-6-4-14(8-22-16)20(27)28/h3-12,24H,1-2H3,(H,27,28). The highest BCUT2D eigenvalue weighted by Crippen LogP contribution is 2.23. The number of carboxylic acids is 1. The van der Waals surface area contributed by atoms with Crippen molar-refractivity contribution >= 4 is 22.6 Å². The molecule has 4 rings (SSSR count). The van der Waals surface area contributed by atoms with Gasteiger partial charge in [0.05, 0.1) is 35.4 Å². The van der Waals surface area contributed by atoms with Gasteiger partial charge in [0.15, 0.2) is 5.82 Å². The Kier molecular flexibility index (Phi) is 4.44. The first-order valence-electron chi connectivity index (χ1n) is 8.78. The molecule has 8 heteroatoms. The molecule has 0 saturated heterocycles. The van der Waals surface area contributed by atoms with Crippen LogP contribution in [0.15, 0.2) is 55.1 Å². The lowest BCUT2D eigenvalue weighted by atomic mass is 10.2. The molecule has 28 heavy (non-hydrogen) atoms. The number of aromatic nitrogens is 5. The van der Waals surface area contributed by atoms with Crippen molar-refractivity contribution in [2.24, 2.45) is 0 Å². The number of carboxylic acid groups (broad SMARTS) is 1. The third kappa shape index (κ3) is 3.39. The van der Waals surface area contributed by atoms with Gasteiger partial charge in [-0.05, 0) is 44.2 Å². The van der Waals surface area contributed by atoms with E-state index in [0.29, 0.717) is 23.2 Å². The second-order valence-corrected chi connectivity index (χ2v) is 6.63. The summed E-state index contributed by atoms with van der Waals surface area (Å²) in [4.78, 5) is 24.0. The number of pyridine rings is 1. The molecule has 0 fully saturated rings. The highest BCUT2D eigenvalue weighted by molar-refractivity contribution is 5.87. The van der Waals surface area contributed by atoms with Crippen molar-refractivity contribution in [3.05, 3.63) is 60.7 Å². The van der Waals surface area contributed by atoms with Gasteiger partial charge in [-0.3, -0.25) is 9.97 Å². The van der Waals surface area contributed by atoms with Crippen molar-refractivity contribution in [2.45, 2.75) is 19.9 Å². The van der Waals surface area contributed by atoms with Crippen molar-refractivity contribution < 1.29 is 9.90 Å². The first-order chi connectivity index (χ1) is 13.5. The number of aromatic carboxylic acids is 1. The van der Waals surface area contributed by atoms with Gasteiger partial charge in [0.2, 0.25) is 0 Å². The first kappa shape index (κ1) is 17.6. The summed E-state index contributed by atoms with van der Waals surface area (Å²) in [6, 6.07) is 9.47. The van der Waals surface area contributed by atoms with Gasteiger partial charge < -0.3 is 10.4 Å². The maximum Gasteiger partial charge on any atom is 0.337 e. The second-order valence-electron chi connectivity index (χ2n) is 6.63. The molecular formula is C20H18N6O2. The van der Waals surface area contributed by atoms with E-state index in [1.807, 2.05) is 18.2 Å². The van der Waals surface area contributed by atoms with E-state index in [1.165, 1.54) is 12.3 Å². The Bertz CT molecular complexity index is 1150. The molecule has 0 amide bonds. The fourth-order valence-electron chi connectivity index (χ4n) is 2.88. The lowest BCUT2D eigenvalue weighted by molar-refractivity contribution is 0.0696. The third-order valence-corrected chi connectivity index (χ3v) is 4.14. The van der Waals surface area contributed by atoms with Crippen molar-refractivity contribution in [1.29, 1.82) is 0 Å². The van der Waals surface area contributed by atoms with E-state index in [0.717, 1.165) is 16.6 Å². The van der Waals surface area contributed by atoms with Crippen molar-refractivity contribution in [2.75, 3.05) is 5.32 Å². The van der Waals surface area contributed by atoms with Crippen LogP contribution in [0.3, 0.4) is 0 Å². The predicted octanol–water partition coefficient (Wildman–Crippen LogP) is 3.40. The number of benzene rings is 1. The smallest absolute Gasteiger partial charge is 0.337 e. The molecular weight excluding hydrogens is 356 g/mol. The number of fused-ring (bicyclic) bond motifs is 1. The van der Waals surface area contributed by atoms with Crippen LogP contribution in [0.5, 0.6) is 0 Å². The van der Waals surface area contributed by atoms with Crippen LogP contribution in [-0.4, -0.2) is 41.9 Å². The van der Waals surface area contributed by atoms with E-state index in [2.05, 4.69) is 39.2 Å². The number of nitrogens with one attached hydrogen (secondary N) is 1.